The first-order valence-corrected chi connectivity index (χ1v) is 5.80. The highest BCUT2D eigenvalue weighted by Crippen LogP contribution is 2.21. The second-order valence-corrected chi connectivity index (χ2v) is 4.38. The zero-order valence-corrected chi connectivity index (χ0v) is 10.7. The molecule has 100 valence electrons. The Labute approximate surface area is 106 Å². The van der Waals surface area contributed by atoms with Crippen molar-refractivity contribution in [1.29, 1.82) is 0 Å². The van der Waals surface area contributed by atoms with Crippen molar-refractivity contribution in [3.63, 3.8) is 0 Å². The molecule has 0 aromatic heterocycles. The van der Waals surface area contributed by atoms with Gasteiger partial charge in [0.2, 0.25) is 0 Å². The molecule has 1 aromatic rings. The van der Waals surface area contributed by atoms with Gasteiger partial charge in [-0.3, -0.25) is 4.79 Å². The molecular weight excluding hydrogens is 237 g/mol. The van der Waals surface area contributed by atoms with Crippen LogP contribution in [0.1, 0.15) is 32.4 Å². The Morgan fingerprint density at radius 1 is 1.44 bits per heavy atom. The van der Waals surface area contributed by atoms with E-state index in [1.54, 1.807) is 13.0 Å². The molecule has 0 spiro atoms. The van der Waals surface area contributed by atoms with Gasteiger partial charge in [-0.05, 0) is 38.5 Å². The van der Waals surface area contributed by atoms with Crippen molar-refractivity contribution >= 4 is 5.91 Å². The molecule has 0 saturated carbocycles. The molecule has 0 heterocycles. The molecule has 18 heavy (non-hydrogen) atoms. The Hall–Kier alpha value is -1.62. The van der Waals surface area contributed by atoms with Crippen LogP contribution < -0.4 is 10.1 Å². The van der Waals surface area contributed by atoms with Gasteiger partial charge in [-0.15, -0.1) is 0 Å². The fourth-order valence-electron chi connectivity index (χ4n) is 1.40. The molecule has 0 radical (unpaired) electrons. The third-order valence-corrected chi connectivity index (χ3v) is 2.25. The van der Waals surface area contributed by atoms with Gasteiger partial charge in [0.05, 0.1) is 6.10 Å². The van der Waals surface area contributed by atoms with Crippen molar-refractivity contribution in [3.05, 3.63) is 29.6 Å². The van der Waals surface area contributed by atoms with E-state index in [0.717, 1.165) is 0 Å². The number of hydrogen-bond acceptors (Lipinski definition) is 3. The summed E-state index contributed by atoms with van der Waals surface area (Å²) >= 11 is 0. The lowest BCUT2D eigenvalue weighted by molar-refractivity contribution is -0.123. The van der Waals surface area contributed by atoms with Crippen LogP contribution in [-0.4, -0.2) is 23.7 Å². The van der Waals surface area contributed by atoms with Crippen molar-refractivity contribution in [1.82, 2.24) is 5.32 Å². The van der Waals surface area contributed by atoms with Crippen LogP contribution in [0.3, 0.4) is 0 Å². The average Bonchev–Trinajstić information content (AvgIpc) is 2.26. The maximum Gasteiger partial charge on any atom is 0.258 e. The summed E-state index contributed by atoms with van der Waals surface area (Å²) in [4.78, 5) is 11.3. The van der Waals surface area contributed by atoms with Gasteiger partial charge in [-0.25, -0.2) is 4.39 Å². The van der Waals surface area contributed by atoms with Gasteiger partial charge >= 0.3 is 0 Å². The second kappa shape index (κ2) is 6.35. The Morgan fingerprint density at radius 2 is 2.11 bits per heavy atom. The van der Waals surface area contributed by atoms with Gasteiger partial charge in [0.15, 0.2) is 18.2 Å². The zero-order valence-electron chi connectivity index (χ0n) is 10.7. The van der Waals surface area contributed by atoms with Crippen molar-refractivity contribution in [3.8, 4) is 5.75 Å². The molecule has 4 nitrogen and oxygen atoms in total. The Morgan fingerprint density at radius 3 is 2.61 bits per heavy atom. The van der Waals surface area contributed by atoms with Crippen molar-refractivity contribution in [2.24, 2.45) is 0 Å². The highest BCUT2D eigenvalue weighted by atomic mass is 19.1. The fourth-order valence-corrected chi connectivity index (χ4v) is 1.40. The number of carbonyl (C=O) groups is 1. The summed E-state index contributed by atoms with van der Waals surface area (Å²) in [5, 5.41) is 11.9. The van der Waals surface area contributed by atoms with E-state index >= 15 is 0 Å². The van der Waals surface area contributed by atoms with Crippen LogP contribution >= 0.6 is 0 Å². The smallest absolute Gasteiger partial charge is 0.258 e. The Bertz CT molecular complexity index is 419. The molecule has 5 heteroatoms. The van der Waals surface area contributed by atoms with Crippen molar-refractivity contribution in [2.75, 3.05) is 6.61 Å². The minimum Gasteiger partial charge on any atom is -0.481 e. The fraction of sp³-hybridized carbons (Fsp3) is 0.462. The number of carbonyl (C=O) groups excluding carboxylic acids is 1. The maximum atomic E-state index is 13.6. The van der Waals surface area contributed by atoms with E-state index < -0.39 is 11.9 Å². The van der Waals surface area contributed by atoms with Crippen LogP contribution in [0.4, 0.5) is 4.39 Å². The summed E-state index contributed by atoms with van der Waals surface area (Å²) in [6, 6.07) is 4.17. The van der Waals surface area contributed by atoms with E-state index in [-0.39, 0.29) is 24.3 Å². The van der Waals surface area contributed by atoms with Crippen LogP contribution in [0.25, 0.3) is 0 Å². The molecule has 1 rings (SSSR count). The predicted octanol–water partition coefficient (Wildman–Crippen LogP) is 1.78. The van der Waals surface area contributed by atoms with Crippen LogP contribution in [0.5, 0.6) is 5.75 Å². The zero-order chi connectivity index (χ0) is 13.7. The number of hydrogen-bond donors (Lipinski definition) is 2. The van der Waals surface area contributed by atoms with Gasteiger partial charge in [-0.1, -0.05) is 6.07 Å². The number of halogens is 1. The van der Waals surface area contributed by atoms with Crippen LogP contribution in [-0.2, 0) is 4.79 Å². The monoisotopic (exact) mass is 255 g/mol. The molecular formula is C13H18FNO3. The summed E-state index contributed by atoms with van der Waals surface area (Å²) in [5.74, 6) is -0.895. The lowest BCUT2D eigenvalue weighted by atomic mass is 10.1. The molecule has 0 bridgehead atoms. The van der Waals surface area contributed by atoms with Crippen molar-refractivity contribution in [2.45, 2.75) is 32.9 Å². The minimum absolute atomic E-state index is 0.00157. The largest absolute Gasteiger partial charge is 0.481 e. The van der Waals surface area contributed by atoms with Crippen LogP contribution in [0, 0.1) is 5.82 Å². The summed E-state index contributed by atoms with van der Waals surface area (Å²) in [5.41, 5.74) is 0.464. The molecule has 1 amide bonds. The third-order valence-electron chi connectivity index (χ3n) is 2.25. The minimum atomic E-state index is -0.738. The molecule has 0 unspecified atom stereocenters. The number of benzene rings is 1. The number of aliphatic hydroxyl groups is 1. The summed E-state index contributed by atoms with van der Waals surface area (Å²) in [6.45, 7) is 4.97. The Kier molecular flexibility index (Phi) is 5.09. The van der Waals surface area contributed by atoms with Crippen LogP contribution in [0.15, 0.2) is 18.2 Å². The maximum absolute atomic E-state index is 13.6. The van der Waals surface area contributed by atoms with Gasteiger partial charge in [0.25, 0.3) is 5.91 Å². The molecule has 0 aliphatic carbocycles. The summed E-state index contributed by atoms with van der Waals surface area (Å²) < 4.78 is 18.6. The number of aliphatic hydroxyl groups excluding tert-OH is 1. The van der Waals surface area contributed by atoms with E-state index in [0.29, 0.717) is 5.56 Å². The van der Waals surface area contributed by atoms with Gasteiger partial charge in [-0.2, -0.15) is 0 Å². The summed E-state index contributed by atoms with van der Waals surface area (Å²) in [7, 11) is 0. The highest BCUT2D eigenvalue weighted by molar-refractivity contribution is 5.77. The predicted molar refractivity (Wildman–Crippen MR) is 65.8 cm³/mol. The molecule has 1 aromatic carbocycles. The quantitative estimate of drug-likeness (QED) is 0.843. The second-order valence-electron chi connectivity index (χ2n) is 4.38. The van der Waals surface area contributed by atoms with E-state index in [2.05, 4.69) is 5.32 Å². The van der Waals surface area contributed by atoms with Gasteiger partial charge in [0, 0.05) is 6.04 Å². The van der Waals surface area contributed by atoms with E-state index in [1.165, 1.54) is 12.1 Å². The van der Waals surface area contributed by atoms with E-state index in [1.807, 2.05) is 13.8 Å². The third kappa shape index (κ3) is 4.33. The molecule has 0 saturated heterocycles. The first-order chi connectivity index (χ1) is 8.40. The number of rotatable bonds is 5. The van der Waals surface area contributed by atoms with Crippen molar-refractivity contribution < 1.29 is 19.0 Å². The average molecular weight is 255 g/mol. The number of ether oxygens (including phenoxy) is 1. The lowest BCUT2D eigenvalue weighted by Crippen LogP contribution is -2.34. The van der Waals surface area contributed by atoms with Gasteiger partial charge < -0.3 is 15.2 Å². The van der Waals surface area contributed by atoms with Gasteiger partial charge in [0.1, 0.15) is 0 Å². The lowest BCUT2D eigenvalue weighted by Gasteiger charge is -2.11. The van der Waals surface area contributed by atoms with E-state index in [4.69, 9.17) is 4.74 Å². The molecule has 0 aliphatic heterocycles. The topological polar surface area (TPSA) is 58.6 Å². The van der Waals surface area contributed by atoms with E-state index in [9.17, 15) is 14.3 Å². The highest BCUT2D eigenvalue weighted by Gasteiger charge is 2.10. The molecule has 2 N–H and O–H groups in total. The molecule has 1 atom stereocenters. The molecule has 0 fully saturated rings. The normalized spacial score (nSPS) is 12.3. The first-order valence-electron chi connectivity index (χ1n) is 5.80. The summed E-state index contributed by atoms with van der Waals surface area (Å²) in [6.07, 6.45) is -0.738. The van der Waals surface area contributed by atoms with Crippen LogP contribution in [0.2, 0.25) is 0 Å². The SMILES string of the molecule is CC(C)NC(=O)COc1ccc([C@@H](C)O)cc1F. The molecule has 0 aliphatic rings. The number of nitrogens with one attached hydrogen (secondary N) is 1. The number of amides is 1. The first kappa shape index (κ1) is 14.4. The Balaban J connectivity index is 2.60. The standard InChI is InChI=1S/C13H18FNO3/c1-8(2)15-13(17)7-18-12-5-4-10(9(3)16)6-11(12)14/h4-6,8-9,16H,7H2,1-3H3,(H,15,17)/t9-/m1/s1.